The summed E-state index contributed by atoms with van der Waals surface area (Å²) in [6.07, 6.45) is 0.758. The summed E-state index contributed by atoms with van der Waals surface area (Å²) in [4.78, 5) is 36.1. The van der Waals surface area contributed by atoms with Crippen LogP contribution in [0.1, 0.15) is 34.2 Å². The van der Waals surface area contributed by atoms with Crippen LogP contribution in [0.2, 0.25) is 0 Å². The zero-order chi connectivity index (χ0) is 18.6. The number of aryl methyl sites for hydroxylation is 3. The van der Waals surface area contributed by atoms with Crippen LogP contribution in [-0.4, -0.2) is 34.0 Å². The van der Waals surface area contributed by atoms with Crippen molar-refractivity contribution in [1.29, 1.82) is 0 Å². The van der Waals surface area contributed by atoms with Gasteiger partial charge >= 0.3 is 5.97 Å². The summed E-state index contributed by atoms with van der Waals surface area (Å²) in [5.41, 5.74) is 2.87. The first-order valence-corrected chi connectivity index (χ1v) is 7.94. The molecule has 132 valence electrons. The number of rotatable bonds is 6. The molecule has 0 spiro atoms. The smallest absolute Gasteiger partial charge is 0.380 e. The number of amides is 1. The molecule has 1 N–H and O–H groups in total. The standard InChI is InChI=1S/C18H21N3O4/c1-5-13-8-6-7-9-14(13)19-15(22)10-25-18(24)17(23)16-11(2)20-21(4)12(16)3/h6-9H,5,10H2,1-4H3,(H,19,22). The summed E-state index contributed by atoms with van der Waals surface area (Å²) < 4.78 is 6.37. The van der Waals surface area contributed by atoms with Gasteiger partial charge in [-0.15, -0.1) is 0 Å². The highest BCUT2D eigenvalue weighted by atomic mass is 16.5. The van der Waals surface area contributed by atoms with Crippen LogP contribution in [0.25, 0.3) is 0 Å². The molecule has 7 heteroatoms. The first kappa shape index (κ1) is 18.4. The second-order valence-corrected chi connectivity index (χ2v) is 5.63. The Morgan fingerprint density at radius 1 is 1.20 bits per heavy atom. The molecular formula is C18H21N3O4. The second kappa shape index (κ2) is 7.74. The Bertz CT molecular complexity index is 824. The van der Waals surface area contributed by atoms with Crippen molar-refractivity contribution in [2.75, 3.05) is 11.9 Å². The topological polar surface area (TPSA) is 90.3 Å². The summed E-state index contributed by atoms with van der Waals surface area (Å²) in [6.45, 7) is 4.78. The Labute approximate surface area is 146 Å². The fourth-order valence-electron chi connectivity index (χ4n) is 2.54. The van der Waals surface area contributed by atoms with E-state index >= 15 is 0 Å². The predicted molar refractivity (Wildman–Crippen MR) is 92.4 cm³/mol. The normalized spacial score (nSPS) is 10.4. The number of anilines is 1. The summed E-state index contributed by atoms with van der Waals surface area (Å²) in [6, 6.07) is 7.36. The Morgan fingerprint density at radius 3 is 2.48 bits per heavy atom. The number of carbonyl (C=O) groups is 3. The molecule has 0 radical (unpaired) electrons. The van der Waals surface area contributed by atoms with Crippen molar-refractivity contribution >= 4 is 23.3 Å². The molecule has 1 aromatic heterocycles. The van der Waals surface area contributed by atoms with Crippen molar-refractivity contribution in [2.24, 2.45) is 7.05 Å². The zero-order valence-electron chi connectivity index (χ0n) is 14.8. The molecule has 0 atom stereocenters. The maximum Gasteiger partial charge on any atom is 0.380 e. The highest BCUT2D eigenvalue weighted by Gasteiger charge is 2.25. The maximum atomic E-state index is 12.2. The van der Waals surface area contributed by atoms with Crippen LogP contribution in [0.15, 0.2) is 24.3 Å². The Balaban J connectivity index is 1.97. The predicted octanol–water partition coefficient (Wildman–Crippen LogP) is 1.96. The lowest BCUT2D eigenvalue weighted by atomic mass is 10.1. The molecule has 0 unspecified atom stereocenters. The van der Waals surface area contributed by atoms with Crippen molar-refractivity contribution in [2.45, 2.75) is 27.2 Å². The van der Waals surface area contributed by atoms with Crippen molar-refractivity contribution in [3.8, 4) is 0 Å². The molecule has 1 amide bonds. The number of benzene rings is 1. The summed E-state index contributed by atoms with van der Waals surface area (Å²) in [5, 5.41) is 6.77. The van der Waals surface area contributed by atoms with Gasteiger partial charge in [-0.25, -0.2) is 4.79 Å². The third-order valence-corrected chi connectivity index (χ3v) is 3.93. The van der Waals surface area contributed by atoms with E-state index in [0.29, 0.717) is 17.1 Å². The van der Waals surface area contributed by atoms with Crippen LogP contribution in [0.4, 0.5) is 5.69 Å². The molecule has 1 heterocycles. The molecule has 0 fully saturated rings. The number of ether oxygens (including phenoxy) is 1. The minimum absolute atomic E-state index is 0.212. The fraction of sp³-hybridized carbons (Fsp3) is 0.333. The number of hydrogen-bond acceptors (Lipinski definition) is 5. The van der Waals surface area contributed by atoms with E-state index in [2.05, 4.69) is 10.4 Å². The average molecular weight is 343 g/mol. The van der Waals surface area contributed by atoms with E-state index in [1.54, 1.807) is 33.0 Å². The van der Waals surface area contributed by atoms with Gasteiger partial charge in [-0.05, 0) is 31.9 Å². The number of aromatic nitrogens is 2. The molecule has 0 saturated carbocycles. The van der Waals surface area contributed by atoms with Crippen molar-refractivity contribution < 1.29 is 19.1 Å². The number of nitrogens with zero attached hydrogens (tertiary/aromatic N) is 2. The highest BCUT2D eigenvalue weighted by Crippen LogP contribution is 2.16. The van der Waals surface area contributed by atoms with Crippen molar-refractivity contribution in [3.63, 3.8) is 0 Å². The number of Topliss-reactive ketones (excluding diaryl/α,β-unsaturated/α-hetero) is 1. The zero-order valence-corrected chi connectivity index (χ0v) is 14.8. The molecule has 0 aliphatic heterocycles. The molecule has 7 nitrogen and oxygen atoms in total. The van der Waals surface area contributed by atoms with Gasteiger partial charge in [-0.1, -0.05) is 25.1 Å². The van der Waals surface area contributed by atoms with Gasteiger partial charge < -0.3 is 10.1 Å². The van der Waals surface area contributed by atoms with Crippen LogP contribution in [0, 0.1) is 13.8 Å². The Morgan fingerprint density at radius 2 is 1.88 bits per heavy atom. The van der Waals surface area contributed by atoms with E-state index in [1.165, 1.54) is 4.68 Å². The van der Waals surface area contributed by atoms with E-state index in [4.69, 9.17) is 4.74 Å². The summed E-state index contributed by atoms with van der Waals surface area (Å²) in [7, 11) is 1.68. The molecular weight excluding hydrogens is 322 g/mol. The van der Waals surface area contributed by atoms with E-state index in [0.717, 1.165) is 12.0 Å². The van der Waals surface area contributed by atoms with Crippen LogP contribution in [0.3, 0.4) is 0 Å². The molecule has 0 saturated heterocycles. The number of hydrogen-bond donors (Lipinski definition) is 1. The van der Waals surface area contributed by atoms with E-state index in [-0.39, 0.29) is 5.56 Å². The monoisotopic (exact) mass is 343 g/mol. The molecule has 0 aliphatic rings. The molecule has 0 aliphatic carbocycles. The van der Waals surface area contributed by atoms with E-state index < -0.39 is 24.3 Å². The first-order chi connectivity index (χ1) is 11.8. The molecule has 25 heavy (non-hydrogen) atoms. The maximum absolute atomic E-state index is 12.2. The van der Waals surface area contributed by atoms with Gasteiger partial charge in [-0.3, -0.25) is 14.3 Å². The van der Waals surface area contributed by atoms with Crippen molar-refractivity contribution in [3.05, 3.63) is 46.8 Å². The minimum Gasteiger partial charge on any atom is -0.450 e. The third-order valence-electron chi connectivity index (χ3n) is 3.93. The molecule has 2 aromatic rings. The Hall–Kier alpha value is -2.96. The second-order valence-electron chi connectivity index (χ2n) is 5.63. The summed E-state index contributed by atoms with van der Waals surface area (Å²) in [5.74, 6) is -2.37. The lowest BCUT2D eigenvalue weighted by Crippen LogP contribution is -2.26. The summed E-state index contributed by atoms with van der Waals surface area (Å²) >= 11 is 0. The average Bonchev–Trinajstić information content (AvgIpc) is 2.84. The van der Waals surface area contributed by atoms with Crippen LogP contribution in [0.5, 0.6) is 0 Å². The number of nitrogens with one attached hydrogen (secondary N) is 1. The van der Waals surface area contributed by atoms with Crippen LogP contribution < -0.4 is 5.32 Å². The molecule has 0 bridgehead atoms. The first-order valence-electron chi connectivity index (χ1n) is 7.94. The van der Waals surface area contributed by atoms with Crippen LogP contribution in [-0.2, 0) is 27.8 Å². The lowest BCUT2D eigenvalue weighted by Gasteiger charge is -2.09. The quantitative estimate of drug-likeness (QED) is 0.492. The fourth-order valence-corrected chi connectivity index (χ4v) is 2.54. The number of carbonyl (C=O) groups excluding carboxylic acids is 3. The number of esters is 1. The third kappa shape index (κ3) is 4.12. The van der Waals surface area contributed by atoms with Gasteiger partial charge in [0.1, 0.15) is 0 Å². The van der Waals surface area contributed by atoms with Gasteiger partial charge in [0.15, 0.2) is 6.61 Å². The minimum atomic E-state index is -1.07. The van der Waals surface area contributed by atoms with E-state index in [1.807, 2.05) is 19.1 Å². The Kier molecular flexibility index (Phi) is 5.69. The SMILES string of the molecule is CCc1ccccc1NC(=O)COC(=O)C(=O)c1c(C)nn(C)c1C. The largest absolute Gasteiger partial charge is 0.450 e. The van der Waals surface area contributed by atoms with Gasteiger partial charge in [0.2, 0.25) is 0 Å². The number of para-hydroxylation sites is 1. The molecule has 1 aromatic carbocycles. The van der Waals surface area contributed by atoms with Gasteiger partial charge in [0.25, 0.3) is 11.7 Å². The number of ketones is 1. The molecule has 2 rings (SSSR count). The van der Waals surface area contributed by atoms with Gasteiger partial charge in [-0.2, -0.15) is 5.10 Å². The van der Waals surface area contributed by atoms with Gasteiger partial charge in [0.05, 0.1) is 11.3 Å². The highest BCUT2D eigenvalue weighted by molar-refractivity contribution is 6.41. The van der Waals surface area contributed by atoms with Gasteiger partial charge in [0, 0.05) is 18.4 Å². The van der Waals surface area contributed by atoms with Crippen molar-refractivity contribution in [1.82, 2.24) is 9.78 Å². The van der Waals surface area contributed by atoms with Crippen LogP contribution >= 0.6 is 0 Å². The lowest BCUT2D eigenvalue weighted by molar-refractivity contribution is -0.142. The van der Waals surface area contributed by atoms with E-state index in [9.17, 15) is 14.4 Å².